The number of ether oxygens (including phenoxy) is 1. The summed E-state index contributed by atoms with van der Waals surface area (Å²) in [4.78, 5) is 0. The molecule has 0 fully saturated rings. The molecule has 1 atom stereocenters. The summed E-state index contributed by atoms with van der Waals surface area (Å²) in [6, 6.07) is 8.91. The molecule has 2 nitrogen and oxygen atoms in total. The van der Waals surface area contributed by atoms with Crippen LogP contribution in [0.2, 0.25) is 0 Å². The molecule has 0 aromatic heterocycles. The molecule has 0 saturated heterocycles. The number of hydrogen-bond donors (Lipinski definition) is 1. The zero-order valence-corrected chi connectivity index (χ0v) is 13.4. The van der Waals surface area contributed by atoms with Crippen LogP contribution in [0, 0.1) is 5.92 Å². The van der Waals surface area contributed by atoms with Gasteiger partial charge >= 0.3 is 0 Å². The molecule has 0 saturated carbocycles. The van der Waals surface area contributed by atoms with Gasteiger partial charge in [0.1, 0.15) is 5.75 Å². The van der Waals surface area contributed by atoms with E-state index in [4.69, 9.17) is 4.74 Å². The van der Waals surface area contributed by atoms with Crippen LogP contribution in [0.1, 0.15) is 25.8 Å². The highest BCUT2D eigenvalue weighted by Gasteiger charge is 2.12. The zero-order valence-electron chi connectivity index (χ0n) is 12.6. The van der Waals surface area contributed by atoms with E-state index in [-0.39, 0.29) is 0 Å². The highest BCUT2D eigenvalue weighted by Crippen LogP contribution is 2.22. The second kappa shape index (κ2) is 9.27. The molecule has 0 spiro atoms. The molecule has 0 aliphatic rings. The van der Waals surface area contributed by atoms with Crippen LogP contribution < -0.4 is 10.1 Å². The molecule has 0 amide bonds. The molecule has 0 heterocycles. The van der Waals surface area contributed by atoms with Crippen molar-refractivity contribution in [1.82, 2.24) is 5.32 Å². The van der Waals surface area contributed by atoms with Gasteiger partial charge in [0.2, 0.25) is 0 Å². The minimum absolute atomic E-state index is 0.550. The summed E-state index contributed by atoms with van der Waals surface area (Å²) in [5, 5.41) is 3.56. The molecule has 1 aromatic carbocycles. The van der Waals surface area contributed by atoms with Gasteiger partial charge in [-0.2, -0.15) is 11.8 Å². The van der Waals surface area contributed by atoms with Crippen LogP contribution >= 0.6 is 11.8 Å². The fourth-order valence-corrected chi connectivity index (χ4v) is 2.71. The first-order valence-electron chi connectivity index (χ1n) is 7.01. The lowest BCUT2D eigenvalue weighted by atomic mass is 9.96. The van der Waals surface area contributed by atoms with E-state index in [2.05, 4.69) is 43.6 Å². The first-order valence-corrected chi connectivity index (χ1v) is 8.41. The van der Waals surface area contributed by atoms with Gasteiger partial charge in [0.25, 0.3) is 0 Å². The Bertz CT molecular complexity index is 354. The number of benzene rings is 1. The van der Waals surface area contributed by atoms with E-state index in [1.165, 1.54) is 17.7 Å². The summed E-state index contributed by atoms with van der Waals surface area (Å²) >= 11 is 1.93. The molecule has 108 valence electrons. The van der Waals surface area contributed by atoms with E-state index in [1.54, 1.807) is 7.11 Å². The van der Waals surface area contributed by atoms with E-state index in [1.807, 2.05) is 17.8 Å². The van der Waals surface area contributed by atoms with Crippen LogP contribution in [0.25, 0.3) is 0 Å². The van der Waals surface area contributed by atoms with E-state index in [0.717, 1.165) is 18.7 Å². The SMILES string of the molecule is COc1ccccc1CC(CCSC)CNC(C)C. The van der Waals surface area contributed by atoms with Crippen molar-refractivity contribution < 1.29 is 4.74 Å². The van der Waals surface area contributed by atoms with Crippen molar-refractivity contribution in [1.29, 1.82) is 0 Å². The molecule has 1 N–H and O–H groups in total. The number of thioether (sulfide) groups is 1. The summed E-state index contributed by atoms with van der Waals surface area (Å²) in [7, 11) is 1.75. The summed E-state index contributed by atoms with van der Waals surface area (Å²) in [5.41, 5.74) is 1.32. The largest absolute Gasteiger partial charge is 0.496 e. The average Bonchev–Trinajstić information content (AvgIpc) is 2.42. The molecule has 1 unspecified atom stereocenters. The van der Waals surface area contributed by atoms with Crippen LogP contribution in [0.3, 0.4) is 0 Å². The number of nitrogens with one attached hydrogen (secondary N) is 1. The van der Waals surface area contributed by atoms with E-state index in [0.29, 0.717) is 12.0 Å². The highest BCUT2D eigenvalue weighted by atomic mass is 32.2. The number of hydrogen-bond acceptors (Lipinski definition) is 3. The number of methoxy groups -OCH3 is 1. The molecule has 0 radical (unpaired) electrons. The lowest BCUT2D eigenvalue weighted by Crippen LogP contribution is -2.30. The van der Waals surface area contributed by atoms with Crippen molar-refractivity contribution in [2.45, 2.75) is 32.7 Å². The maximum absolute atomic E-state index is 5.45. The van der Waals surface area contributed by atoms with Crippen molar-refractivity contribution in [2.24, 2.45) is 5.92 Å². The monoisotopic (exact) mass is 281 g/mol. The van der Waals surface area contributed by atoms with Gasteiger partial charge in [-0.1, -0.05) is 32.0 Å². The molecule has 0 aliphatic carbocycles. The molecule has 19 heavy (non-hydrogen) atoms. The Hall–Kier alpha value is -0.670. The summed E-state index contributed by atoms with van der Waals surface area (Å²) in [6.45, 7) is 5.49. The van der Waals surface area contributed by atoms with Crippen LogP contribution in [0.4, 0.5) is 0 Å². The van der Waals surface area contributed by atoms with E-state index in [9.17, 15) is 0 Å². The first kappa shape index (κ1) is 16.4. The first-order chi connectivity index (χ1) is 9.17. The van der Waals surface area contributed by atoms with Crippen LogP contribution in [0.5, 0.6) is 5.75 Å². The summed E-state index contributed by atoms with van der Waals surface area (Å²) in [6.07, 6.45) is 4.51. The van der Waals surface area contributed by atoms with Gasteiger partial charge in [-0.25, -0.2) is 0 Å². The Morgan fingerprint density at radius 2 is 2.00 bits per heavy atom. The van der Waals surface area contributed by atoms with Gasteiger partial charge in [-0.15, -0.1) is 0 Å². The van der Waals surface area contributed by atoms with Crippen LogP contribution in [-0.4, -0.2) is 31.7 Å². The van der Waals surface area contributed by atoms with Crippen molar-refractivity contribution >= 4 is 11.8 Å². The Morgan fingerprint density at radius 3 is 2.63 bits per heavy atom. The van der Waals surface area contributed by atoms with Crippen molar-refractivity contribution in [3.8, 4) is 5.75 Å². The van der Waals surface area contributed by atoms with Crippen molar-refractivity contribution in [2.75, 3.05) is 25.7 Å². The standard InChI is InChI=1S/C16H27NOS/c1-13(2)17-12-14(9-10-19-4)11-15-7-5-6-8-16(15)18-3/h5-8,13-14,17H,9-12H2,1-4H3. The average molecular weight is 281 g/mol. The Kier molecular flexibility index (Phi) is 7.99. The Labute approximate surface area is 122 Å². The van der Waals surface area contributed by atoms with Crippen molar-refractivity contribution in [3.63, 3.8) is 0 Å². The predicted molar refractivity (Wildman–Crippen MR) is 86.3 cm³/mol. The third-order valence-corrected chi connectivity index (χ3v) is 3.89. The van der Waals surface area contributed by atoms with Crippen molar-refractivity contribution in [3.05, 3.63) is 29.8 Å². The second-order valence-corrected chi connectivity index (χ2v) is 6.21. The fourth-order valence-electron chi connectivity index (χ4n) is 2.15. The maximum Gasteiger partial charge on any atom is 0.122 e. The van der Waals surface area contributed by atoms with Gasteiger partial charge in [-0.3, -0.25) is 0 Å². The van der Waals surface area contributed by atoms with Gasteiger partial charge in [0.05, 0.1) is 7.11 Å². The Morgan fingerprint density at radius 1 is 1.26 bits per heavy atom. The van der Waals surface area contributed by atoms with E-state index >= 15 is 0 Å². The molecule has 1 rings (SSSR count). The summed E-state index contributed by atoms with van der Waals surface area (Å²) < 4.78 is 5.45. The molecular formula is C16H27NOS. The highest BCUT2D eigenvalue weighted by molar-refractivity contribution is 7.98. The minimum Gasteiger partial charge on any atom is -0.496 e. The zero-order chi connectivity index (χ0) is 14.1. The van der Waals surface area contributed by atoms with E-state index < -0.39 is 0 Å². The molecule has 1 aromatic rings. The quantitative estimate of drug-likeness (QED) is 0.747. The minimum atomic E-state index is 0.550. The predicted octanol–water partition coefficient (Wildman–Crippen LogP) is 3.61. The van der Waals surface area contributed by atoms with Gasteiger partial charge in [0, 0.05) is 6.04 Å². The third kappa shape index (κ3) is 6.35. The molecule has 0 bridgehead atoms. The maximum atomic E-state index is 5.45. The normalized spacial score (nSPS) is 12.7. The lowest BCUT2D eigenvalue weighted by molar-refractivity contribution is 0.395. The fraction of sp³-hybridized carbons (Fsp3) is 0.625. The topological polar surface area (TPSA) is 21.3 Å². The van der Waals surface area contributed by atoms with Gasteiger partial charge < -0.3 is 10.1 Å². The molecule has 0 aliphatic heterocycles. The number of rotatable bonds is 9. The smallest absolute Gasteiger partial charge is 0.122 e. The van der Waals surface area contributed by atoms with Gasteiger partial charge in [0.15, 0.2) is 0 Å². The molecular weight excluding hydrogens is 254 g/mol. The second-order valence-electron chi connectivity index (χ2n) is 5.23. The summed E-state index contributed by atoms with van der Waals surface area (Å²) in [5.74, 6) is 2.91. The number of para-hydroxylation sites is 1. The third-order valence-electron chi connectivity index (χ3n) is 3.25. The van der Waals surface area contributed by atoms with Crippen LogP contribution in [0.15, 0.2) is 24.3 Å². The molecule has 3 heteroatoms. The lowest BCUT2D eigenvalue weighted by Gasteiger charge is -2.20. The van der Waals surface area contributed by atoms with Gasteiger partial charge in [-0.05, 0) is 48.9 Å². The Balaban J connectivity index is 2.63. The van der Waals surface area contributed by atoms with Crippen LogP contribution in [-0.2, 0) is 6.42 Å².